The summed E-state index contributed by atoms with van der Waals surface area (Å²) in [6, 6.07) is 1.72. The normalized spacial score (nSPS) is 17.2. The molecular formula is C12H17N3O3. The Morgan fingerprint density at radius 2 is 2.33 bits per heavy atom. The number of nitrogens with zero attached hydrogens (tertiary/aromatic N) is 3. The molecule has 0 aliphatic carbocycles. The molecule has 0 spiro atoms. The lowest BCUT2D eigenvalue weighted by atomic mass is 9.89. The summed E-state index contributed by atoms with van der Waals surface area (Å²) in [4.78, 5) is 21.2. The van der Waals surface area contributed by atoms with Crippen molar-refractivity contribution in [2.45, 2.75) is 25.4 Å². The van der Waals surface area contributed by atoms with E-state index in [9.17, 15) is 9.90 Å². The van der Waals surface area contributed by atoms with E-state index in [1.165, 1.54) is 13.3 Å². The lowest BCUT2D eigenvalue weighted by Crippen LogP contribution is -2.62. The summed E-state index contributed by atoms with van der Waals surface area (Å²) in [6.45, 7) is 3.12. The van der Waals surface area contributed by atoms with Gasteiger partial charge in [-0.15, -0.1) is 0 Å². The van der Waals surface area contributed by atoms with Crippen LogP contribution < -0.4 is 4.90 Å². The van der Waals surface area contributed by atoms with Gasteiger partial charge in [0.05, 0.1) is 12.7 Å². The van der Waals surface area contributed by atoms with Gasteiger partial charge in [-0.2, -0.15) is 0 Å². The molecule has 1 aromatic heterocycles. The monoisotopic (exact) mass is 251 g/mol. The smallest absolute Gasteiger partial charge is 0.376 e. The fourth-order valence-corrected chi connectivity index (χ4v) is 2.16. The highest BCUT2D eigenvalue weighted by Gasteiger charge is 2.41. The number of esters is 1. The average molecular weight is 251 g/mol. The quantitative estimate of drug-likeness (QED) is 0.790. The number of aromatic nitrogens is 2. The first-order valence-electron chi connectivity index (χ1n) is 5.96. The lowest BCUT2D eigenvalue weighted by Gasteiger charge is -2.47. The fraction of sp³-hybridized carbons (Fsp3) is 0.583. The van der Waals surface area contributed by atoms with E-state index < -0.39 is 11.6 Å². The number of anilines is 1. The minimum absolute atomic E-state index is 0.0425. The van der Waals surface area contributed by atoms with Crippen molar-refractivity contribution >= 4 is 11.8 Å². The summed E-state index contributed by atoms with van der Waals surface area (Å²) in [5, 5.41) is 10.1. The second-order valence-electron chi connectivity index (χ2n) is 4.56. The number of hydrogen-bond acceptors (Lipinski definition) is 6. The zero-order valence-corrected chi connectivity index (χ0v) is 10.6. The summed E-state index contributed by atoms with van der Waals surface area (Å²) >= 11 is 0. The van der Waals surface area contributed by atoms with Gasteiger partial charge in [-0.25, -0.2) is 14.8 Å². The Balaban J connectivity index is 2.06. The molecular weight excluding hydrogens is 234 g/mol. The number of aliphatic hydroxyl groups is 1. The zero-order valence-electron chi connectivity index (χ0n) is 10.6. The first-order chi connectivity index (χ1) is 8.58. The molecule has 0 radical (unpaired) electrons. The number of ether oxygens (including phenoxy) is 1. The van der Waals surface area contributed by atoms with Gasteiger partial charge < -0.3 is 14.7 Å². The van der Waals surface area contributed by atoms with Gasteiger partial charge in [-0.3, -0.25) is 0 Å². The van der Waals surface area contributed by atoms with Crippen molar-refractivity contribution in [1.29, 1.82) is 0 Å². The minimum atomic E-state index is -0.620. The molecule has 1 aromatic rings. The Morgan fingerprint density at radius 3 is 2.94 bits per heavy atom. The van der Waals surface area contributed by atoms with Gasteiger partial charge in [0, 0.05) is 19.3 Å². The molecule has 0 aromatic carbocycles. The SMILES string of the molecule is CCCC1(O)CN(c2ccnc(C(=O)OC)n2)C1. The molecule has 0 unspecified atom stereocenters. The molecule has 1 saturated heterocycles. The first kappa shape index (κ1) is 12.8. The number of carbonyl (C=O) groups excluding carboxylic acids is 1. The third-order valence-corrected chi connectivity index (χ3v) is 3.02. The minimum Gasteiger partial charge on any atom is -0.463 e. The van der Waals surface area contributed by atoms with Crippen molar-refractivity contribution in [3.05, 3.63) is 18.1 Å². The van der Waals surface area contributed by atoms with E-state index in [1.807, 2.05) is 11.8 Å². The molecule has 6 nitrogen and oxygen atoms in total. The third kappa shape index (κ3) is 2.43. The number of methoxy groups -OCH3 is 1. The van der Waals surface area contributed by atoms with Crippen LogP contribution in [0.15, 0.2) is 12.3 Å². The standard InChI is InChI=1S/C12H17N3O3/c1-3-5-12(17)7-15(8-12)9-4-6-13-10(14-9)11(16)18-2/h4,6,17H,3,5,7-8H2,1-2H3. The summed E-state index contributed by atoms with van der Waals surface area (Å²) < 4.78 is 4.57. The van der Waals surface area contributed by atoms with Crippen LogP contribution in [0.5, 0.6) is 0 Å². The average Bonchev–Trinajstić information content (AvgIpc) is 2.35. The summed E-state index contributed by atoms with van der Waals surface area (Å²) in [5.74, 6) is 0.133. The Morgan fingerprint density at radius 1 is 1.61 bits per heavy atom. The van der Waals surface area contributed by atoms with E-state index in [2.05, 4.69) is 14.7 Å². The van der Waals surface area contributed by atoms with E-state index >= 15 is 0 Å². The van der Waals surface area contributed by atoms with Crippen LogP contribution in [-0.2, 0) is 4.74 Å². The Bertz CT molecular complexity index is 444. The van der Waals surface area contributed by atoms with E-state index in [-0.39, 0.29) is 5.82 Å². The van der Waals surface area contributed by atoms with Crippen LogP contribution in [0.2, 0.25) is 0 Å². The molecule has 0 atom stereocenters. The van der Waals surface area contributed by atoms with Crippen molar-refractivity contribution in [3.8, 4) is 0 Å². The summed E-state index contributed by atoms with van der Waals surface area (Å²) in [7, 11) is 1.29. The molecule has 0 saturated carbocycles. The molecule has 0 amide bonds. The second-order valence-corrected chi connectivity index (χ2v) is 4.56. The van der Waals surface area contributed by atoms with Crippen molar-refractivity contribution in [2.75, 3.05) is 25.1 Å². The summed E-state index contributed by atoms with van der Waals surface area (Å²) in [6.07, 6.45) is 3.24. The molecule has 1 aliphatic heterocycles. The molecule has 0 bridgehead atoms. The second kappa shape index (κ2) is 4.89. The molecule has 1 aliphatic rings. The van der Waals surface area contributed by atoms with Crippen molar-refractivity contribution < 1.29 is 14.6 Å². The zero-order chi connectivity index (χ0) is 13.2. The highest BCUT2D eigenvalue weighted by atomic mass is 16.5. The van der Waals surface area contributed by atoms with Crippen LogP contribution in [-0.4, -0.2) is 46.8 Å². The first-order valence-corrected chi connectivity index (χ1v) is 5.96. The van der Waals surface area contributed by atoms with Crippen LogP contribution in [0.25, 0.3) is 0 Å². The molecule has 2 rings (SSSR count). The van der Waals surface area contributed by atoms with Crippen LogP contribution >= 0.6 is 0 Å². The highest BCUT2D eigenvalue weighted by molar-refractivity contribution is 5.85. The van der Waals surface area contributed by atoms with Crippen LogP contribution in [0.1, 0.15) is 30.4 Å². The van der Waals surface area contributed by atoms with Gasteiger partial charge in [-0.1, -0.05) is 13.3 Å². The number of hydrogen-bond donors (Lipinski definition) is 1. The van der Waals surface area contributed by atoms with E-state index in [0.29, 0.717) is 18.9 Å². The van der Waals surface area contributed by atoms with Crippen LogP contribution in [0.4, 0.5) is 5.82 Å². The lowest BCUT2D eigenvalue weighted by molar-refractivity contribution is 0.00291. The maximum atomic E-state index is 11.3. The van der Waals surface area contributed by atoms with Gasteiger partial charge >= 0.3 is 5.97 Å². The topological polar surface area (TPSA) is 75.5 Å². The van der Waals surface area contributed by atoms with Crippen LogP contribution in [0, 0.1) is 0 Å². The Hall–Kier alpha value is -1.69. The van der Waals surface area contributed by atoms with Crippen LogP contribution in [0.3, 0.4) is 0 Å². The van der Waals surface area contributed by atoms with Gasteiger partial charge in [0.15, 0.2) is 0 Å². The molecule has 2 heterocycles. The molecule has 1 fully saturated rings. The van der Waals surface area contributed by atoms with E-state index in [4.69, 9.17) is 0 Å². The molecule has 6 heteroatoms. The van der Waals surface area contributed by atoms with Gasteiger partial charge in [0.25, 0.3) is 0 Å². The molecule has 98 valence electrons. The predicted octanol–water partition coefficient (Wildman–Crippen LogP) is 0.614. The van der Waals surface area contributed by atoms with E-state index in [0.717, 1.165) is 12.8 Å². The molecule has 18 heavy (non-hydrogen) atoms. The van der Waals surface area contributed by atoms with Gasteiger partial charge in [0.2, 0.25) is 5.82 Å². The third-order valence-electron chi connectivity index (χ3n) is 3.02. The van der Waals surface area contributed by atoms with Crippen molar-refractivity contribution in [3.63, 3.8) is 0 Å². The fourth-order valence-electron chi connectivity index (χ4n) is 2.16. The summed E-state index contributed by atoms with van der Waals surface area (Å²) in [5.41, 5.74) is -0.620. The maximum absolute atomic E-state index is 11.3. The van der Waals surface area contributed by atoms with E-state index in [1.54, 1.807) is 6.07 Å². The number of β-amino-alcohol motifs (C(OH)–C–C–N with tert-alkyl or cyclic N) is 1. The predicted molar refractivity (Wildman–Crippen MR) is 65.4 cm³/mol. The number of rotatable bonds is 4. The molecule has 1 N–H and O–H groups in total. The Kier molecular flexibility index (Phi) is 3.47. The van der Waals surface area contributed by atoms with Gasteiger partial charge in [-0.05, 0) is 12.5 Å². The van der Waals surface area contributed by atoms with Gasteiger partial charge in [0.1, 0.15) is 5.82 Å². The maximum Gasteiger partial charge on any atom is 0.376 e. The van der Waals surface area contributed by atoms with Crippen molar-refractivity contribution in [1.82, 2.24) is 9.97 Å². The number of carbonyl (C=O) groups is 1. The van der Waals surface area contributed by atoms with Crippen molar-refractivity contribution in [2.24, 2.45) is 0 Å². The largest absolute Gasteiger partial charge is 0.463 e. The Labute approximate surface area is 106 Å². The highest BCUT2D eigenvalue weighted by Crippen LogP contribution is 2.29.